The van der Waals surface area contributed by atoms with Crippen molar-refractivity contribution < 1.29 is 31.1 Å². The molecule has 0 heterocycles. The lowest BCUT2D eigenvalue weighted by Gasteiger charge is -2.12. The van der Waals surface area contributed by atoms with Gasteiger partial charge < -0.3 is 0 Å². The van der Waals surface area contributed by atoms with Gasteiger partial charge in [0.1, 0.15) is 0 Å². The zero-order chi connectivity index (χ0) is 17.9. The van der Waals surface area contributed by atoms with Gasteiger partial charge in [0.05, 0.1) is 11.5 Å². The maximum absolute atomic E-state index is 12.3. The van der Waals surface area contributed by atoms with E-state index >= 15 is 0 Å². The number of hydrogen-bond donors (Lipinski definition) is 0. The summed E-state index contributed by atoms with van der Waals surface area (Å²) in [6, 6.07) is 4.49. The standard InChI is InChI=1S/C11H10ClF3O.C2H6.CHF3/c1-2-9(10(12)16)7-3-5-8(6-4-7)11(13,14)15;1-2;2-1(3)4/h3-6,9H,2H2,1H3;1-2H3;1H. The van der Waals surface area contributed by atoms with Crippen molar-refractivity contribution >= 4 is 16.8 Å². The Morgan fingerprint density at radius 3 is 1.68 bits per heavy atom. The first-order chi connectivity index (χ1) is 10.1. The fourth-order valence-corrected chi connectivity index (χ4v) is 1.71. The van der Waals surface area contributed by atoms with Crippen LogP contribution in [0, 0.1) is 0 Å². The molecule has 0 bridgehead atoms. The van der Waals surface area contributed by atoms with E-state index < -0.39 is 29.6 Å². The van der Waals surface area contributed by atoms with Crippen LogP contribution in [0.5, 0.6) is 0 Å². The molecule has 1 aromatic rings. The molecule has 0 aliphatic heterocycles. The van der Waals surface area contributed by atoms with Crippen molar-refractivity contribution in [3.8, 4) is 0 Å². The van der Waals surface area contributed by atoms with Gasteiger partial charge in [-0.2, -0.15) is 26.3 Å². The van der Waals surface area contributed by atoms with Gasteiger partial charge in [0.2, 0.25) is 5.24 Å². The summed E-state index contributed by atoms with van der Waals surface area (Å²) in [5.41, 5.74) is -0.219. The lowest BCUT2D eigenvalue weighted by molar-refractivity contribution is -0.137. The SMILES string of the molecule is CC.CCC(C(=O)Cl)c1ccc(C(F)(F)F)cc1.FC(F)F. The minimum absolute atomic E-state index is 0.466. The van der Waals surface area contributed by atoms with Crippen LogP contribution < -0.4 is 0 Å². The molecule has 0 aromatic heterocycles. The van der Waals surface area contributed by atoms with Crippen molar-refractivity contribution in [3.05, 3.63) is 35.4 Å². The summed E-state index contributed by atoms with van der Waals surface area (Å²) in [5.74, 6) is -0.538. The van der Waals surface area contributed by atoms with Crippen molar-refractivity contribution in [2.24, 2.45) is 0 Å². The molecule has 0 spiro atoms. The normalized spacial score (nSPS) is 11.8. The van der Waals surface area contributed by atoms with E-state index in [0.29, 0.717) is 12.0 Å². The highest BCUT2D eigenvalue weighted by molar-refractivity contribution is 6.64. The minimum Gasteiger partial charge on any atom is -0.281 e. The molecule has 0 amide bonds. The third-order valence-corrected chi connectivity index (χ3v) is 2.59. The zero-order valence-electron chi connectivity index (χ0n) is 12.2. The quantitative estimate of drug-likeness (QED) is 0.470. The average Bonchev–Trinajstić information content (AvgIpc) is 2.40. The van der Waals surface area contributed by atoms with E-state index in [2.05, 4.69) is 0 Å². The molecule has 0 saturated heterocycles. The molecular weight excluding hydrogens is 334 g/mol. The second kappa shape index (κ2) is 11.3. The third kappa shape index (κ3) is 9.65. The van der Waals surface area contributed by atoms with E-state index in [1.165, 1.54) is 12.1 Å². The first kappa shape index (κ1) is 23.0. The van der Waals surface area contributed by atoms with Gasteiger partial charge in [-0.25, -0.2) is 0 Å². The molecule has 0 radical (unpaired) electrons. The third-order valence-electron chi connectivity index (χ3n) is 2.32. The minimum atomic E-state index is -4.36. The summed E-state index contributed by atoms with van der Waals surface area (Å²) in [6.45, 7) is 2.09. The number of benzene rings is 1. The Morgan fingerprint density at radius 1 is 1.09 bits per heavy atom. The Morgan fingerprint density at radius 2 is 1.45 bits per heavy atom. The van der Waals surface area contributed by atoms with E-state index in [1.54, 1.807) is 6.92 Å². The molecule has 22 heavy (non-hydrogen) atoms. The molecule has 1 aromatic carbocycles. The van der Waals surface area contributed by atoms with Gasteiger partial charge in [-0.05, 0) is 35.7 Å². The monoisotopic (exact) mass is 350 g/mol. The number of halogens is 7. The second-order valence-corrected chi connectivity index (χ2v) is 4.00. The summed E-state index contributed by atoms with van der Waals surface area (Å²) in [7, 11) is 0. The van der Waals surface area contributed by atoms with E-state index in [-0.39, 0.29) is 0 Å². The van der Waals surface area contributed by atoms with Crippen LogP contribution in [0.3, 0.4) is 0 Å². The first-order valence-electron chi connectivity index (χ1n) is 6.38. The van der Waals surface area contributed by atoms with Crippen LogP contribution in [0.4, 0.5) is 26.3 Å². The van der Waals surface area contributed by atoms with Crippen LogP contribution in [-0.4, -0.2) is 11.9 Å². The van der Waals surface area contributed by atoms with Crippen molar-refractivity contribution in [3.63, 3.8) is 0 Å². The smallest absolute Gasteiger partial charge is 0.281 e. The zero-order valence-corrected chi connectivity index (χ0v) is 13.0. The number of alkyl halides is 6. The number of rotatable bonds is 3. The van der Waals surface area contributed by atoms with Crippen LogP contribution in [-0.2, 0) is 11.0 Å². The van der Waals surface area contributed by atoms with Crippen molar-refractivity contribution in [2.45, 2.75) is 46.0 Å². The molecule has 0 N–H and O–H groups in total. The largest absolute Gasteiger partial charge is 0.416 e. The predicted octanol–water partition coefficient (Wildman–Crippen LogP) is 6.17. The highest BCUT2D eigenvalue weighted by Crippen LogP contribution is 2.31. The Kier molecular flexibility index (Phi) is 11.9. The molecule has 0 fully saturated rings. The fourth-order valence-electron chi connectivity index (χ4n) is 1.43. The van der Waals surface area contributed by atoms with Gasteiger partial charge in [-0.1, -0.05) is 32.9 Å². The molecule has 1 unspecified atom stereocenters. The van der Waals surface area contributed by atoms with Gasteiger partial charge in [0.25, 0.3) is 0 Å². The van der Waals surface area contributed by atoms with Crippen LogP contribution in [0.1, 0.15) is 44.2 Å². The lowest BCUT2D eigenvalue weighted by atomic mass is 9.97. The van der Waals surface area contributed by atoms with Crippen molar-refractivity contribution in [2.75, 3.05) is 0 Å². The maximum Gasteiger partial charge on any atom is 0.416 e. The van der Waals surface area contributed by atoms with E-state index in [4.69, 9.17) is 11.6 Å². The van der Waals surface area contributed by atoms with Gasteiger partial charge in [-0.3, -0.25) is 4.79 Å². The van der Waals surface area contributed by atoms with E-state index in [1.807, 2.05) is 13.8 Å². The van der Waals surface area contributed by atoms with Crippen molar-refractivity contribution in [1.29, 1.82) is 0 Å². The topological polar surface area (TPSA) is 17.1 Å². The molecule has 0 aliphatic rings. The average molecular weight is 351 g/mol. The fraction of sp³-hybridized carbons (Fsp3) is 0.500. The Bertz CT molecular complexity index is 414. The summed E-state index contributed by atoms with van der Waals surface area (Å²) in [6.07, 6.45) is -3.89. The number of hydrogen-bond acceptors (Lipinski definition) is 1. The first-order valence-corrected chi connectivity index (χ1v) is 6.76. The second-order valence-electron chi connectivity index (χ2n) is 3.63. The van der Waals surface area contributed by atoms with Gasteiger partial charge in [0.15, 0.2) is 0 Å². The molecule has 0 saturated carbocycles. The van der Waals surface area contributed by atoms with Gasteiger partial charge in [-0.15, -0.1) is 0 Å². The number of carbonyl (C=O) groups excluding carboxylic acids is 1. The molecule has 1 atom stereocenters. The summed E-state index contributed by atoms with van der Waals surface area (Å²) < 4.78 is 65.8. The number of carbonyl (C=O) groups is 1. The molecule has 1 nitrogen and oxygen atoms in total. The van der Waals surface area contributed by atoms with Gasteiger partial charge in [0, 0.05) is 0 Å². The van der Waals surface area contributed by atoms with Gasteiger partial charge >= 0.3 is 12.9 Å². The van der Waals surface area contributed by atoms with Crippen LogP contribution in [0.2, 0.25) is 0 Å². The van der Waals surface area contributed by atoms with Crippen molar-refractivity contribution in [1.82, 2.24) is 0 Å². The van der Waals surface area contributed by atoms with Crippen LogP contribution >= 0.6 is 11.6 Å². The summed E-state index contributed by atoms with van der Waals surface area (Å²) in [5, 5.41) is -0.553. The maximum atomic E-state index is 12.3. The molecule has 8 heteroatoms. The Hall–Kier alpha value is -1.24. The lowest BCUT2D eigenvalue weighted by Crippen LogP contribution is -2.08. The molecular formula is C14H17ClF6O. The highest BCUT2D eigenvalue weighted by atomic mass is 35.5. The Labute approximate surface area is 130 Å². The van der Waals surface area contributed by atoms with E-state index in [9.17, 15) is 31.1 Å². The molecule has 1 rings (SSSR count). The summed E-state index contributed by atoms with van der Waals surface area (Å²) >= 11 is 5.35. The van der Waals surface area contributed by atoms with Crippen LogP contribution in [0.25, 0.3) is 0 Å². The molecule has 0 aliphatic carbocycles. The Balaban J connectivity index is 0. The van der Waals surface area contributed by atoms with E-state index in [0.717, 1.165) is 12.1 Å². The van der Waals surface area contributed by atoms with Crippen LogP contribution in [0.15, 0.2) is 24.3 Å². The predicted molar refractivity (Wildman–Crippen MR) is 73.8 cm³/mol. The highest BCUT2D eigenvalue weighted by Gasteiger charge is 2.30. The molecule has 128 valence electrons. The summed E-state index contributed by atoms with van der Waals surface area (Å²) in [4.78, 5) is 11.0.